The molecular weight excluding hydrogens is 424 g/mol. The van der Waals surface area contributed by atoms with E-state index in [4.69, 9.17) is 9.47 Å². The van der Waals surface area contributed by atoms with E-state index < -0.39 is 5.97 Å². The Morgan fingerprint density at radius 3 is 1.56 bits per heavy atom. The van der Waals surface area contributed by atoms with Gasteiger partial charge in [0.2, 0.25) is 0 Å². The van der Waals surface area contributed by atoms with Gasteiger partial charge in [-0.3, -0.25) is 9.59 Å². The Morgan fingerprint density at radius 2 is 1.09 bits per heavy atom. The number of hydrogen-bond acceptors (Lipinski definition) is 4. The van der Waals surface area contributed by atoms with Crippen molar-refractivity contribution < 1.29 is 19.1 Å². The summed E-state index contributed by atoms with van der Waals surface area (Å²) in [4.78, 5) is 23.8. The first-order chi connectivity index (χ1) is 16.3. The molecule has 0 aliphatic carbocycles. The average molecular weight is 475 g/mol. The summed E-state index contributed by atoms with van der Waals surface area (Å²) in [6.45, 7) is 9.12. The Balaban J connectivity index is 1.94. The van der Waals surface area contributed by atoms with Crippen LogP contribution in [0.15, 0.2) is 24.3 Å². The molecule has 0 aliphatic rings. The summed E-state index contributed by atoms with van der Waals surface area (Å²) >= 11 is 0. The molecule has 0 saturated carbocycles. The Hall–Kier alpha value is -1.84. The topological polar surface area (TPSA) is 52.6 Å². The zero-order valence-corrected chi connectivity index (χ0v) is 22.5. The second-order valence-electron chi connectivity index (χ2n) is 10.6. The molecule has 0 spiro atoms. The van der Waals surface area contributed by atoms with Crippen molar-refractivity contribution in [2.24, 2.45) is 0 Å². The van der Waals surface area contributed by atoms with E-state index in [0.717, 1.165) is 12.8 Å². The van der Waals surface area contributed by atoms with Crippen LogP contribution in [0.25, 0.3) is 0 Å². The van der Waals surface area contributed by atoms with Crippen molar-refractivity contribution in [1.82, 2.24) is 0 Å². The van der Waals surface area contributed by atoms with Crippen molar-refractivity contribution in [2.75, 3.05) is 6.61 Å². The first-order valence-electron chi connectivity index (χ1n) is 13.8. The Labute approximate surface area is 209 Å². The van der Waals surface area contributed by atoms with Gasteiger partial charge in [-0.05, 0) is 29.5 Å². The minimum atomic E-state index is -0.406. The van der Waals surface area contributed by atoms with Gasteiger partial charge in [0.05, 0.1) is 19.4 Å². The monoisotopic (exact) mass is 474 g/mol. The third-order valence-electron chi connectivity index (χ3n) is 6.25. The van der Waals surface area contributed by atoms with Gasteiger partial charge in [-0.25, -0.2) is 0 Å². The number of rotatable bonds is 19. The predicted octanol–water partition coefficient (Wildman–Crippen LogP) is 8.69. The van der Waals surface area contributed by atoms with Crippen molar-refractivity contribution in [2.45, 2.75) is 136 Å². The van der Waals surface area contributed by atoms with E-state index in [1.54, 1.807) is 12.1 Å². The lowest BCUT2D eigenvalue weighted by Gasteiger charge is -2.18. The van der Waals surface area contributed by atoms with Crippen LogP contribution in [0, 0.1) is 0 Å². The lowest BCUT2D eigenvalue weighted by Crippen LogP contribution is -2.13. The molecule has 0 heterocycles. The van der Waals surface area contributed by atoms with Gasteiger partial charge >= 0.3 is 11.9 Å². The van der Waals surface area contributed by atoms with E-state index in [0.29, 0.717) is 12.4 Å². The first kappa shape index (κ1) is 30.2. The minimum absolute atomic E-state index is 0.0403. The summed E-state index contributed by atoms with van der Waals surface area (Å²) in [5.41, 5.74) is 1.23. The van der Waals surface area contributed by atoms with Crippen LogP contribution in [0.5, 0.6) is 5.75 Å². The highest BCUT2D eigenvalue weighted by atomic mass is 16.5. The Morgan fingerprint density at radius 1 is 0.647 bits per heavy atom. The molecule has 1 aromatic carbocycles. The molecule has 4 nitrogen and oxygen atoms in total. The van der Waals surface area contributed by atoms with Gasteiger partial charge in [-0.2, -0.15) is 0 Å². The van der Waals surface area contributed by atoms with E-state index in [1.165, 1.54) is 82.6 Å². The van der Waals surface area contributed by atoms with Gasteiger partial charge in [-0.1, -0.05) is 123 Å². The smallest absolute Gasteiger partial charge is 0.311 e. The number of carbonyl (C=O) groups is 2. The molecule has 0 aromatic heterocycles. The number of esters is 2. The third kappa shape index (κ3) is 15.9. The number of benzene rings is 1. The Bertz CT molecular complexity index is 657. The highest BCUT2D eigenvalue weighted by Crippen LogP contribution is 2.24. The minimum Gasteiger partial charge on any atom is -0.466 e. The second-order valence-corrected chi connectivity index (χ2v) is 10.6. The SMILES string of the molecule is CCCCCCCCCCCCCCCCOC(=O)CCC(=O)Oc1ccc(C(C)(C)C)cc1. The largest absolute Gasteiger partial charge is 0.466 e. The van der Waals surface area contributed by atoms with Crippen LogP contribution in [-0.2, 0) is 19.7 Å². The molecule has 0 saturated heterocycles. The van der Waals surface area contributed by atoms with E-state index >= 15 is 0 Å². The van der Waals surface area contributed by atoms with Gasteiger partial charge in [0.1, 0.15) is 5.75 Å². The molecular formula is C30H50O4. The van der Waals surface area contributed by atoms with Gasteiger partial charge in [0.25, 0.3) is 0 Å². The second kappa shape index (κ2) is 18.5. The van der Waals surface area contributed by atoms with E-state index in [-0.39, 0.29) is 24.2 Å². The predicted molar refractivity (Wildman–Crippen MR) is 141 cm³/mol. The maximum atomic E-state index is 12.0. The molecule has 1 aromatic rings. The van der Waals surface area contributed by atoms with Crippen LogP contribution in [0.4, 0.5) is 0 Å². The molecule has 4 heteroatoms. The van der Waals surface area contributed by atoms with Crippen molar-refractivity contribution in [1.29, 1.82) is 0 Å². The molecule has 1 rings (SSSR count). The standard InChI is InChI=1S/C30H50O4/c1-5-6-7-8-9-10-11-12-13-14-15-16-17-18-25-33-28(31)23-24-29(32)34-27-21-19-26(20-22-27)30(2,3)4/h19-22H,5-18,23-25H2,1-4H3. The zero-order valence-electron chi connectivity index (χ0n) is 22.5. The first-order valence-corrected chi connectivity index (χ1v) is 13.8. The van der Waals surface area contributed by atoms with Crippen LogP contribution >= 0.6 is 0 Å². The van der Waals surface area contributed by atoms with Gasteiger partial charge < -0.3 is 9.47 Å². The average Bonchev–Trinajstić information content (AvgIpc) is 2.80. The molecule has 0 amide bonds. The normalized spacial score (nSPS) is 11.4. The Kier molecular flexibility index (Phi) is 16.4. The molecule has 194 valence electrons. The van der Waals surface area contributed by atoms with Crippen LogP contribution < -0.4 is 4.74 Å². The quantitative estimate of drug-likeness (QED) is 0.114. The summed E-state index contributed by atoms with van der Waals surface area (Å²) in [6, 6.07) is 7.53. The van der Waals surface area contributed by atoms with E-state index in [9.17, 15) is 9.59 Å². The lowest BCUT2D eigenvalue weighted by atomic mass is 9.87. The van der Waals surface area contributed by atoms with Crippen molar-refractivity contribution >= 4 is 11.9 Å². The van der Waals surface area contributed by atoms with Crippen LogP contribution in [0.2, 0.25) is 0 Å². The van der Waals surface area contributed by atoms with Crippen LogP contribution in [0.3, 0.4) is 0 Å². The summed E-state index contributed by atoms with van der Waals surface area (Å²) in [5, 5.41) is 0. The summed E-state index contributed by atoms with van der Waals surface area (Å²) in [5.74, 6) is -0.222. The molecule has 0 aliphatic heterocycles. The molecule has 0 radical (unpaired) electrons. The maximum absolute atomic E-state index is 12.0. The fourth-order valence-corrected chi connectivity index (χ4v) is 3.96. The molecule has 0 bridgehead atoms. The van der Waals surface area contributed by atoms with Crippen molar-refractivity contribution in [3.63, 3.8) is 0 Å². The van der Waals surface area contributed by atoms with Gasteiger partial charge in [-0.15, -0.1) is 0 Å². The van der Waals surface area contributed by atoms with Crippen LogP contribution in [0.1, 0.15) is 136 Å². The molecule has 0 fully saturated rings. The van der Waals surface area contributed by atoms with E-state index in [2.05, 4.69) is 27.7 Å². The third-order valence-corrected chi connectivity index (χ3v) is 6.25. The highest BCUT2D eigenvalue weighted by molar-refractivity contribution is 5.79. The van der Waals surface area contributed by atoms with E-state index in [1.807, 2.05) is 12.1 Å². The number of ether oxygens (including phenoxy) is 2. The number of carbonyl (C=O) groups excluding carboxylic acids is 2. The van der Waals surface area contributed by atoms with Crippen LogP contribution in [-0.4, -0.2) is 18.5 Å². The highest BCUT2D eigenvalue weighted by Gasteiger charge is 2.14. The summed E-state index contributed by atoms with van der Waals surface area (Å²) in [7, 11) is 0. The molecule has 34 heavy (non-hydrogen) atoms. The zero-order chi connectivity index (χ0) is 25.1. The number of hydrogen-bond donors (Lipinski definition) is 0. The summed E-state index contributed by atoms with van der Waals surface area (Å²) in [6.07, 6.45) is 18.3. The molecule has 0 unspecified atom stereocenters. The fourth-order valence-electron chi connectivity index (χ4n) is 3.96. The summed E-state index contributed by atoms with van der Waals surface area (Å²) < 4.78 is 10.6. The lowest BCUT2D eigenvalue weighted by molar-refractivity contribution is -0.147. The molecule has 0 N–H and O–H groups in total. The van der Waals surface area contributed by atoms with Gasteiger partial charge in [0.15, 0.2) is 0 Å². The van der Waals surface area contributed by atoms with Crippen molar-refractivity contribution in [3.8, 4) is 5.75 Å². The maximum Gasteiger partial charge on any atom is 0.311 e. The van der Waals surface area contributed by atoms with Gasteiger partial charge in [0, 0.05) is 0 Å². The fraction of sp³-hybridized carbons (Fsp3) is 0.733. The molecule has 0 atom stereocenters. The number of unbranched alkanes of at least 4 members (excludes halogenated alkanes) is 13. The van der Waals surface area contributed by atoms with Crippen molar-refractivity contribution in [3.05, 3.63) is 29.8 Å².